The number of unbranched alkanes of at least 4 members (excludes halogenated alkanes) is 6. The molecule has 0 rings (SSSR count). The molecule has 0 aliphatic carbocycles. The van der Waals surface area contributed by atoms with Crippen LogP contribution in [0.25, 0.3) is 0 Å². The molecule has 0 saturated heterocycles. The quantitative estimate of drug-likeness (QED) is 0.362. The van der Waals surface area contributed by atoms with Crippen LogP contribution >= 0.6 is 0 Å². The monoisotopic (exact) mass is 523 g/mol. The molecule has 0 N–H and O–H groups in total. The van der Waals surface area contributed by atoms with E-state index in [0.717, 1.165) is 25.7 Å². The average molecular weight is 523 g/mol. The first-order chi connectivity index (χ1) is 5.83. The fourth-order valence-corrected chi connectivity index (χ4v) is 0.610. The van der Waals surface area contributed by atoms with E-state index in [1.54, 1.807) is 0 Å². The average Bonchev–Trinajstić information content (AvgIpc) is 2.08. The Labute approximate surface area is 205 Å². The molecule has 0 nitrogen and oxygen atoms in total. The molecule has 0 fully saturated rings. The van der Waals surface area contributed by atoms with Gasteiger partial charge in [0.2, 0.25) is 0 Å². The van der Waals surface area contributed by atoms with Gasteiger partial charge in [0.15, 0.2) is 0 Å². The Kier molecular flexibility index (Phi) is 98.9. The van der Waals surface area contributed by atoms with Crippen molar-refractivity contribution in [2.24, 2.45) is 0 Å². The minimum absolute atomic E-state index is 0. The first-order valence-corrected chi connectivity index (χ1v) is 4.82. The van der Waals surface area contributed by atoms with E-state index >= 15 is 0 Å². The van der Waals surface area contributed by atoms with Crippen molar-refractivity contribution in [2.75, 3.05) is 0 Å². The predicted molar refractivity (Wildman–Crippen MR) is 58.0 cm³/mol. The summed E-state index contributed by atoms with van der Waals surface area (Å²) in [6.07, 6.45) is 9.83. The van der Waals surface area contributed by atoms with E-state index in [1.165, 1.54) is 19.3 Å². The Morgan fingerprint density at radius 3 is 1.25 bits per heavy atom. The third-order valence-electron chi connectivity index (χ3n) is 1.36. The third kappa shape index (κ3) is 51.5. The van der Waals surface area contributed by atoms with Crippen LogP contribution in [0.4, 0.5) is 0 Å². The van der Waals surface area contributed by atoms with Gasteiger partial charge in [-0.2, -0.15) is 25.7 Å². The second-order valence-electron chi connectivity index (χ2n) is 2.63. The first-order valence-electron chi connectivity index (χ1n) is 4.82. The van der Waals surface area contributed by atoms with Crippen molar-refractivity contribution in [1.29, 1.82) is 0 Å². The molecule has 85 valence electrons. The molecule has 0 aromatic carbocycles. The number of rotatable bonds is 6. The maximum Gasteiger partial charge on any atom is 3.00 e. The van der Waals surface area contributed by atoms with Crippen molar-refractivity contribution in [1.82, 2.24) is 0 Å². The van der Waals surface area contributed by atoms with E-state index in [1.807, 2.05) is 0 Å². The Bertz CT molecular complexity index is 55.0. The summed E-state index contributed by atoms with van der Waals surface area (Å²) in [5.41, 5.74) is 0. The largest absolute Gasteiger partial charge is 3.00 e. The summed E-state index contributed by atoms with van der Waals surface area (Å²) in [6.45, 7) is 14.7. The van der Waals surface area contributed by atoms with Gasteiger partial charge in [-0.05, 0) is 0 Å². The van der Waals surface area contributed by atoms with Crippen LogP contribution in [0.2, 0.25) is 0 Å². The third-order valence-corrected chi connectivity index (χ3v) is 1.36. The molecule has 0 aromatic rings. The van der Waals surface area contributed by atoms with Gasteiger partial charge in [-0.15, -0.1) is 12.8 Å². The van der Waals surface area contributed by atoms with Crippen LogP contribution in [0.3, 0.4) is 0 Å². The maximum absolute atomic E-state index is 3.72. The van der Waals surface area contributed by atoms with Gasteiger partial charge >= 0.3 is 32.7 Å². The molecule has 0 bridgehead atoms. The van der Waals surface area contributed by atoms with Crippen LogP contribution in [0, 0.1) is 34.1 Å². The Morgan fingerprint density at radius 1 is 0.688 bits per heavy atom. The minimum atomic E-state index is 0. The van der Waals surface area contributed by atoms with Crippen molar-refractivity contribution in [3.63, 3.8) is 0 Å². The fraction of sp³-hybridized carbons (Fsp3) is 0.583. The van der Waals surface area contributed by atoms with E-state index in [9.17, 15) is 0 Å². The molecule has 0 aromatic heterocycles. The van der Waals surface area contributed by atoms with Crippen LogP contribution in [-0.4, -0.2) is 0 Å². The summed E-state index contributed by atoms with van der Waals surface area (Å²) >= 11 is 0. The summed E-state index contributed by atoms with van der Waals surface area (Å²) in [5.74, 6) is 0. The van der Waals surface area contributed by atoms with Gasteiger partial charge < -0.3 is 40.5 Å². The summed E-state index contributed by atoms with van der Waals surface area (Å²) in [5, 5.41) is 0. The summed E-state index contributed by atoms with van der Waals surface area (Å²) in [4.78, 5) is 0. The molecule has 0 saturated carbocycles. The summed E-state index contributed by atoms with van der Waals surface area (Å²) in [6, 6.07) is 0. The molecule has 0 aliphatic heterocycles. The zero-order valence-electron chi connectivity index (χ0n) is 10.7. The van der Waals surface area contributed by atoms with Gasteiger partial charge in [0, 0.05) is 98.1 Å². The van der Waals surface area contributed by atoms with Gasteiger partial charge in [-0.25, -0.2) is 0 Å². The van der Waals surface area contributed by atoms with Gasteiger partial charge in [0.1, 0.15) is 0 Å². The van der Waals surface area contributed by atoms with Crippen LogP contribution in [0.15, 0.2) is 0 Å². The van der Waals surface area contributed by atoms with Crippen LogP contribution in [-0.2, 0) is 131 Å². The SMILES string of the molecule is [CH2-]CCC[CH2-].[CH2-]C[CH-]CCC[CH2-].[Y+3].[Y].[Y].[Y]. The molecule has 0 amide bonds. The fourth-order valence-electron chi connectivity index (χ4n) is 0.610. The van der Waals surface area contributed by atoms with Crippen LogP contribution in [0.1, 0.15) is 44.9 Å². The molecule has 0 heterocycles. The molecular formula is C12H23Y4-2. The molecule has 0 unspecified atom stereocenters. The Balaban J connectivity index is -0.0000000258. The smallest absolute Gasteiger partial charge is 0.372 e. The van der Waals surface area contributed by atoms with Crippen molar-refractivity contribution in [3.05, 3.63) is 34.1 Å². The topological polar surface area (TPSA) is 0 Å². The Hall–Kier alpha value is 4.42. The van der Waals surface area contributed by atoms with Crippen molar-refractivity contribution in [2.45, 2.75) is 44.9 Å². The number of hydrogen-bond acceptors (Lipinski definition) is 0. The molecule has 3 radical (unpaired) electrons. The molecule has 0 spiro atoms. The van der Waals surface area contributed by atoms with Crippen LogP contribution < -0.4 is 0 Å². The molecule has 16 heavy (non-hydrogen) atoms. The Morgan fingerprint density at radius 2 is 1.06 bits per heavy atom. The van der Waals surface area contributed by atoms with Crippen molar-refractivity contribution in [3.8, 4) is 0 Å². The molecule has 0 atom stereocenters. The van der Waals surface area contributed by atoms with Gasteiger partial charge in [0.25, 0.3) is 0 Å². The van der Waals surface area contributed by atoms with Gasteiger partial charge in [-0.1, -0.05) is 0 Å². The summed E-state index contributed by atoms with van der Waals surface area (Å²) in [7, 11) is 0. The predicted octanol–water partition coefficient (Wildman–Crippen LogP) is 4.23. The molecular weight excluding hydrogens is 500 g/mol. The zero-order valence-corrected chi connectivity index (χ0v) is 22.0. The van der Waals surface area contributed by atoms with Crippen LogP contribution in [0.5, 0.6) is 0 Å². The van der Waals surface area contributed by atoms with Gasteiger partial charge in [0.05, 0.1) is 0 Å². The van der Waals surface area contributed by atoms with E-state index in [0.29, 0.717) is 0 Å². The van der Waals surface area contributed by atoms with E-state index in [-0.39, 0.29) is 131 Å². The molecule has 0 aliphatic rings. The molecule has 4 heteroatoms. The van der Waals surface area contributed by atoms with Crippen molar-refractivity contribution >= 4 is 0 Å². The number of hydrogen-bond donors (Lipinski definition) is 0. The second kappa shape index (κ2) is 42.7. The standard InChI is InChI=1S/C7H13.C5H10.4Y/c1-3-5-7-6-4-2;1-3-5-4-2;;;;/h5H,1-4,6-7H2;1-5H2;;;;/q-3;-2;;;;+3. The second-order valence-corrected chi connectivity index (χ2v) is 2.63. The summed E-state index contributed by atoms with van der Waals surface area (Å²) < 4.78 is 0. The zero-order chi connectivity index (χ0) is 9.66. The van der Waals surface area contributed by atoms with E-state index in [4.69, 9.17) is 0 Å². The normalized spacial score (nSPS) is 6.75. The van der Waals surface area contributed by atoms with E-state index in [2.05, 4.69) is 34.1 Å². The minimum Gasteiger partial charge on any atom is -0.372 e. The van der Waals surface area contributed by atoms with E-state index < -0.39 is 0 Å². The van der Waals surface area contributed by atoms with Crippen molar-refractivity contribution < 1.29 is 131 Å². The van der Waals surface area contributed by atoms with Gasteiger partial charge in [-0.3, -0.25) is 0 Å². The maximum atomic E-state index is 3.72. The first kappa shape index (κ1) is 37.0.